The van der Waals surface area contributed by atoms with Gasteiger partial charge >= 0.3 is 0 Å². The maximum atomic E-state index is 6.53. The first-order valence-corrected chi connectivity index (χ1v) is 24.4. The Morgan fingerprint density at radius 1 is 0.343 bits per heavy atom. The van der Waals surface area contributed by atoms with E-state index in [-0.39, 0.29) is 5.41 Å². The molecule has 0 amide bonds. The van der Waals surface area contributed by atoms with Gasteiger partial charge in [0.25, 0.3) is 0 Å². The highest BCUT2D eigenvalue weighted by atomic mass is 16.3. The first-order valence-electron chi connectivity index (χ1n) is 24.4. The first kappa shape index (κ1) is 40.4. The van der Waals surface area contributed by atoms with E-state index in [9.17, 15) is 0 Å². The Bertz CT molecular complexity index is 3990. The predicted octanol–water partition coefficient (Wildman–Crippen LogP) is 18.2. The monoisotopic (exact) mass is 893 g/mol. The summed E-state index contributed by atoms with van der Waals surface area (Å²) in [5.41, 5.74) is 22.1. The van der Waals surface area contributed by atoms with Gasteiger partial charge in [-0.1, -0.05) is 208 Å². The van der Waals surface area contributed by atoms with Crippen molar-refractivity contribution in [2.45, 2.75) is 24.7 Å². The zero-order valence-electron chi connectivity index (χ0n) is 39.0. The van der Waals surface area contributed by atoms with E-state index in [1.165, 1.54) is 77.5 Å². The Balaban J connectivity index is 0.986. The number of para-hydroxylation sites is 1. The van der Waals surface area contributed by atoms with Crippen molar-refractivity contribution in [1.82, 2.24) is 0 Å². The molecular weight excluding hydrogens is 847 g/mol. The molecule has 0 fully saturated rings. The van der Waals surface area contributed by atoms with Gasteiger partial charge in [0.1, 0.15) is 11.2 Å². The average molecular weight is 894 g/mol. The Kier molecular flexibility index (Phi) is 8.88. The maximum Gasteiger partial charge on any atom is 0.136 e. The third-order valence-electron chi connectivity index (χ3n) is 15.5. The van der Waals surface area contributed by atoms with E-state index < -0.39 is 5.41 Å². The molecule has 330 valence electrons. The van der Waals surface area contributed by atoms with Crippen molar-refractivity contribution in [3.8, 4) is 44.5 Å². The van der Waals surface area contributed by atoms with E-state index in [1.807, 2.05) is 0 Å². The summed E-state index contributed by atoms with van der Waals surface area (Å²) in [6.45, 7) is 4.74. The van der Waals surface area contributed by atoms with Crippen LogP contribution in [0.25, 0.3) is 77.2 Å². The minimum Gasteiger partial charge on any atom is -0.456 e. The zero-order chi connectivity index (χ0) is 46.6. The average Bonchev–Trinajstić information content (AvgIpc) is 4.01. The van der Waals surface area contributed by atoms with Crippen molar-refractivity contribution in [2.75, 3.05) is 4.90 Å². The molecule has 70 heavy (non-hydrogen) atoms. The molecule has 0 N–H and O–H groups in total. The SMILES string of the molecule is CC1(C)c2ccccc2-c2cccc(-c3ccc(N(c4ccc5c(c4)C(c4ccccc4)(c4ccccc4)c4ccccc4-5)c4ccccc4-c4ccc5oc6cc7ccccc7cc6c5c4)cc3)c21. The van der Waals surface area contributed by atoms with Gasteiger partial charge in [0, 0.05) is 33.1 Å². The highest BCUT2D eigenvalue weighted by Gasteiger charge is 2.46. The number of benzene rings is 11. The van der Waals surface area contributed by atoms with Crippen molar-refractivity contribution >= 4 is 49.8 Å². The Hall–Kier alpha value is -8.72. The second-order valence-electron chi connectivity index (χ2n) is 19.6. The smallest absolute Gasteiger partial charge is 0.136 e. The molecule has 0 unspecified atom stereocenters. The van der Waals surface area contributed by atoms with Gasteiger partial charge in [0.05, 0.1) is 11.1 Å². The summed E-state index contributed by atoms with van der Waals surface area (Å²) < 4.78 is 6.53. The van der Waals surface area contributed by atoms with Crippen LogP contribution < -0.4 is 4.90 Å². The van der Waals surface area contributed by atoms with E-state index in [0.717, 1.165) is 50.1 Å². The van der Waals surface area contributed by atoms with Crippen molar-refractivity contribution < 1.29 is 4.42 Å². The van der Waals surface area contributed by atoms with Crippen molar-refractivity contribution in [3.63, 3.8) is 0 Å². The largest absolute Gasteiger partial charge is 0.456 e. The third kappa shape index (κ3) is 5.87. The summed E-state index contributed by atoms with van der Waals surface area (Å²) in [6.07, 6.45) is 0. The summed E-state index contributed by atoms with van der Waals surface area (Å²) in [7, 11) is 0. The fourth-order valence-electron chi connectivity index (χ4n) is 12.4. The molecule has 2 nitrogen and oxygen atoms in total. The topological polar surface area (TPSA) is 16.4 Å². The zero-order valence-corrected chi connectivity index (χ0v) is 39.0. The molecule has 1 aromatic heterocycles. The molecule has 0 aliphatic heterocycles. The van der Waals surface area contributed by atoms with Gasteiger partial charge in [-0.2, -0.15) is 0 Å². The summed E-state index contributed by atoms with van der Waals surface area (Å²) in [6, 6.07) is 91.9. The molecule has 2 aliphatic carbocycles. The van der Waals surface area contributed by atoms with Gasteiger partial charge in [0.2, 0.25) is 0 Å². The minimum absolute atomic E-state index is 0.132. The van der Waals surface area contributed by atoms with Crippen LogP contribution in [-0.2, 0) is 10.8 Å². The van der Waals surface area contributed by atoms with Gasteiger partial charge in [-0.05, 0) is 138 Å². The van der Waals surface area contributed by atoms with Gasteiger partial charge in [-0.3, -0.25) is 0 Å². The van der Waals surface area contributed by atoms with Crippen LogP contribution in [0.1, 0.15) is 47.2 Å². The normalized spacial score (nSPS) is 13.8. The molecule has 0 saturated heterocycles. The first-order chi connectivity index (χ1) is 34.5. The van der Waals surface area contributed by atoms with Gasteiger partial charge in [0.15, 0.2) is 0 Å². The lowest BCUT2D eigenvalue weighted by Gasteiger charge is -2.35. The molecule has 0 bridgehead atoms. The molecule has 11 aromatic carbocycles. The lowest BCUT2D eigenvalue weighted by Crippen LogP contribution is -2.28. The van der Waals surface area contributed by atoms with E-state index >= 15 is 0 Å². The summed E-state index contributed by atoms with van der Waals surface area (Å²) in [5.74, 6) is 0. The summed E-state index contributed by atoms with van der Waals surface area (Å²) in [4.78, 5) is 2.48. The summed E-state index contributed by atoms with van der Waals surface area (Å²) in [5, 5.41) is 4.60. The standard InChI is InChI=1S/C68H47NO/c1-67(2)60-29-14-11-26-55(60)57-28-17-27-53(66(57)67)44-32-35-50(36-33-44)69(63-31-16-13-24-52(63)47-34-39-64-58(41-47)59-40-45-18-9-10-19-46(45)42-65(59)70-64)51-37-38-56-54-25-12-15-30-61(54)68(62(56)43-51,48-20-5-3-6-21-48)49-22-7-4-8-23-49/h3-43H,1-2H3. The number of hydrogen-bond acceptors (Lipinski definition) is 2. The van der Waals surface area contributed by atoms with E-state index in [0.29, 0.717) is 0 Å². The lowest BCUT2D eigenvalue weighted by atomic mass is 9.67. The van der Waals surface area contributed by atoms with Crippen LogP contribution >= 0.6 is 0 Å². The Morgan fingerprint density at radius 3 is 1.63 bits per heavy atom. The molecular formula is C68H47NO. The minimum atomic E-state index is -0.547. The predicted molar refractivity (Wildman–Crippen MR) is 292 cm³/mol. The second-order valence-corrected chi connectivity index (χ2v) is 19.6. The number of nitrogens with zero attached hydrogens (tertiary/aromatic N) is 1. The van der Waals surface area contributed by atoms with Crippen molar-refractivity contribution in [1.29, 1.82) is 0 Å². The molecule has 2 aliphatic rings. The molecule has 2 heteroatoms. The molecule has 12 aromatic rings. The fourth-order valence-corrected chi connectivity index (χ4v) is 12.4. The van der Waals surface area contributed by atoms with Crippen molar-refractivity contribution in [3.05, 3.63) is 282 Å². The highest BCUT2D eigenvalue weighted by molar-refractivity contribution is 6.11. The van der Waals surface area contributed by atoms with Crippen LogP contribution in [0, 0.1) is 0 Å². The maximum absolute atomic E-state index is 6.53. The van der Waals surface area contributed by atoms with Crippen LogP contribution in [0.15, 0.2) is 253 Å². The number of furan rings is 1. The number of fused-ring (bicyclic) bond motifs is 10. The van der Waals surface area contributed by atoms with Gasteiger partial charge in [-0.15, -0.1) is 0 Å². The fraction of sp³-hybridized carbons (Fsp3) is 0.0588. The Morgan fingerprint density at radius 2 is 0.886 bits per heavy atom. The molecule has 1 heterocycles. The van der Waals surface area contributed by atoms with Crippen molar-refractivity contribution in [2.24, 2.45) is 0 Å². The quantitative estimate of drug-likeness (QED) is 0.158. The number of hydrogen-bond donors (Lipinski definition) is 0. The summed E-state index contributed by atoms with van der Waals surface area (Å²) >= 11 is 0. The molecule has 0 radical (unpaired) electrons. The van der Waals surface area contributed by atoms with Crippen LogP contribution in [0.3, 0.4) is 0 Å². The van der Waals surface area contributed by atoms with E-state index in [2.05, 4.69) is 267 Å². The van der Waals surface area contributed by atoms with E-state index in [1.54, 1.807) is 0 Å². The van der Waals surface area contributed by atoms with Crippen LogP contribution in [0.5, 0.6) is 0 Å². The molecule has 0 atom stereocenters. The molecule has 0 saturated carbocycles. The Labute approximate surface area is 408 Å². The van der Waals surface area contributed by atoms with Crippen LogP contribution in [-0.4, -0.2) is 0 Å². The van der Waals surface area contributed by atoms with Gasteiger partial charge < -0.3 is 9.32 Å². The van der Waals surface area contributed by atoms with Gasteiger partial charge in [-0.25, -0.2) is 0 Å². The lowest BCUT2D eigenvalue weighted by molar-refractivity contribution is 0.662. The van der Waals surface area contributed by atoms with Crippen LogP contribution in [0.2, 0.25) is 0 Å². The third-order valence-corrected chi connectivity index (χ3v) is 15.5. The van der Waals surface area contributed by atoms with E-state index in [4.69, 9.17) is 4.42 Å². The van der Waals surface area contributed by atoms with Crippen LogP contribution in [0.4, 0.5) is 17.1 Å². The highest BCUT2D eigenvalue weighted by Crippen LogP contribution is 2.58. The molecule has 14 rings (SSSR count). The second kappa shape index (κ2) is 15.4. The molecule has 0 spiro atoms. The number of rotatable bonds is 7. The number of anilines is 3.